The fourth-order valence-corrected chi connectivity index (χ4v) is 2.81. The van der Waals surface area contributed by atoms with Crippen molar-refractivity contribution in [2.45, 2.75) is 78.3 Å². The van der Waals surface area contributed by atoms with Gasteiger partial charge in [0.05, 0.1) is 0 Å². The van der Waals surface area contributed by atoms with E-state index in [9.17, 15) is 9.59 Å². The molecule has 0 bridgehead atoms. The van der Waals surface area contributed by atoms with Gasteiger partial charge < -0.3 is 16.2 Å². The van der Waals surface area contributed by atoms with Crippen LogP contribution in [-0.4, -0.2) is 34.1 Å². The van der Waals surface area contributed by atoms with Crippen molar-refractivity contribution in [3.8, 4) is 0 Å². The number of aliphatic carboxylic acids is 1. The average Bonchev–Trinajstić information content (AvgIpc) is 3.02. The van der Waals surface area contributed by atoms with E-state index in [2.05, 4.69) is 38.0 Å². The number of aromatic nitrogens is 1. The molecule has 0 aliphatic heterocycles. The molecule has 1 rings (SSSR count). The van der Waals surface area contributed by atoms with Gasteiger partial charge in [0.1, 0.15) is 6.04 Å². The van der Waals surface area contributed by atoms with Crippen molar-refractivity contribution in [3.63, 3.8) is 0 Å². The fraction of sp³-hybridized carbons (Fsp3) is 0.706. The second-order valence-corrected chi connectivity index (χ2v) is 7.01. The van der Waals surface area contributed by atoms with Gasteiger partial charge in [-0.3, -0.25) is 9.59 Å². The summed E-state index contributed by atoms with van der Waals surface area (Å²) in [5.74, 6) is -0.753. The zero-order valence-electron chi connectivity index (χ0n) is 15.3. The van der Waals surface area contributed by atoms with Crippen LogP contribution in [0.15, 0.2) is 6.20 Å². The molecule has 0 aliphatic carbocycles. The van der Waals surface area contributed by atoms with Crippen molar-refractivity contribution < 1.29 is 14.7 Å². The molecule has 0 unspecified atom stereocenters. The van der Waals surface area contributed by atoms with E-state index in [4.69, 9.17) is 10.8 Å². The van der Waals surface area contributed by atoms with Gasteiger partial charge in [-0.05, 0) is 25.2 Å². The smallest absolute Gasteiger partial charge is 0.320 e. The monoisotopic (exact) mass is 357 g/mol. The fourth-order valence-electron chi connectivity index (χ4n) is 2.04. The van der Waals surface area contributed by atoms with Crippen LogP contribution < -0.4 is 11.1 Å². The lowest BCUT2D eigenvalue weighted by atomic mass is 10.1. The highest BCUT2D eigenvalue weighted by Gasteiger charge is 2.18. The van der Waals surface area contributed by atoms with Gasteiger partial charge in [0.25, 0.3) is 5.91 Å². The first-order valence-corrected chi connectivity index (χ1v) is 9.32. The molecular weight excluding hydrogens is 326 g/mol. The summed E-state index contributed by atoms with van der Waals surface area (Å²) in [6.07, 6.45) is 5.30. The molecule has 1 heterocycles. The van der Waals surface area contributed by atoms with Crippen molar-refractivity contribution >= 4 is 23.2 Å². The van der Waals surface area contributed by atoms with Gasteiger partial charge in [0.2, 0.25) is 0 Å². The number of carboxylic acid groups (broad SMARTS) is 1. The molecule has 24 heavy (non-hydrogen) atoms. The minimum absolute atomic E-state index is 0.340. The quantitative estimate of drug-likeness (QED) is 0.628. The molecule has 1 amide bonds. The van der Waals surface area contributed by atoms with Crippen molar-refractivity contribution in [2.24, 2.45) is 5.73 Å². The molecule has 7 heteroatoms. The van der Waals surface area contributed by atoms with Gasteiger partial charge in [-0.15, -0.1) is 11.3 Å². The Morgan fingerprint density at radius 2 is 1.88 bits per heavy atom. The Hall–Kier alpha value is -1.47. The minimum Gasteiger partial charge on any atom is -0.480 e. The van der Waals surface area contributed by atoms with Crippen LogP contribution in [0.4, 0.5) is 0 Å². The van der Waals surface area contributed by atoms with Crippen LogP contribution in [0.3, 0.4) is 0 Å². The highest BCUT2D eigenvalue weighted by molar-refractivity contribution is 7.13. The molecule has 0 saturated heterocycles. The summed E-state index contributed by atoms with van der Waals surface area (Å²) < 4.78 is 0. The van der Waals surface area contributed by atoms with Gasteiger partial charge in [-0.25, -0.2) is 4.98 Å². The summed E-state index contributed by atoms with van der Waals surface area (Å²) in [4.78, 5) is 26.4. The number of nitrogens with one attached hydrogen (secondary N) is 1. The van der Waals surface area contributed by atoms with E-state index in [0.29, 0.717) is 23.4 Å². The Kier molecular flexibility index (Phi) is 11.2. The summed E-state index contributed by atoms with van der Waals surface area (Å²) in [5, 5.41) is 12.4. The van der Waals surface area contributed by atoms with E-state index in [1.807, 2.05) is 6.92 Å². The molecule has 0 spiro atoms. The number of thiazole rings is 1. The summed E-state index contributed by atoms with van der Waals surface area (Å²) in [6, 6.07) is -0.0254. The molecule has 0 aromatic carbocycles. The van der Waals surface area contributed by atoms with Crippen molar-refractivity contribution in [2.75, 3.05) is 0 Å². The Labute approximate surface area is 148 Å². The average molecular weight is 358 g/mol. The molecular formula is C17H31N3O3S. The van der Waals surface area contributed by atoms with Gasteiger partial charge in [0.15, 0.2) is 5.01 Å². The molecule has 0 saturated carbocycles. The van der Waals surface area contributed by atoms with Crippen LogP contribution in [0.1, 0.15) is 80.9 Å². The Bertz CT molecular complexity index is 499. The van der Waals surface area contributed by atoms with Crippen LogP contribution in [0.2, 0.25) is 0 Å². The third-order valence-corrected chi connectivity index (χ3v) is 4.91. The first kappa shape index (κ1) is 22.5. The second kappa shape index (κ2) is 12.0. The lowest BCUT2D eigenvalue weighted by Gasteiger charge is -2.20. The van der Waals surface area contributed by atoms with Crippen LogP contribution in [0.5, 0.6) is 0 Å². The summed E-state index contributed by atoms with van der Waals surface area (Å²) in [7, 11) is 0. The molecule has 4 N–H and O–H groups in total. The van der Waals surface area contributed by atoms with Crippen LogP contribution in [0.25, 0.3) is 0 Å². The maximum Gasteiger partial charge on any atom is 0.320 e. The second-order valence-electron chi connectivity index (χ2n) is 5.95. The van der Waals surface area contributed by atoms with Crippen LogP contribution in [0, 0.1) is 0 Å². The molecule has 1 aromatic rings. The zero-order valence-corrected chi connectivity index (χ0v) is 16.2. The van der Waals surface area contributed by atoms with Crippen molar-refractivity contribution in [3.05, 3.63) is 16.1 Å². The van der Waals surface area contributed by atoms with Gasteiger partial charge in [-0.2, -0.15) is 0 Å². The predicted octanol–water partition coefficient (Wildman–Crippen LogP) is 3.38. The molecule has 0 aliphatic rings. The summed E-state index contributed by atoms with van der Waals surface area (Å²) >= 11 is 1.36. The Morgan fingerprint density at radius 3 is 2.17 bits per heavy atom. The topological polar surface area (TPSA) is 105 Å². The maximum atomic E-state index is 10.8. The normalized spacial score (nSPS) is 12.0. The molecule has 1 atom stereocenters. The van der Waals surface area contributed by atoms with E-state index in [1.54, 1.807) is 6.20 Å². The number of hydrogen-bond donors (Lipinski definition) is 3. The number of carbonyl (C=O) groups is 2. The number of hydrogen-bond acceptors (Lipinski definition) is 5. The predicted molar refractivity (Wildman–Crippen MR) is 98.6 cm³/mol. The molecule has 6 nitrogen and oxygen atoms in total. The van der Waals surface area contributed by atoms with E-state index in [0.717, 1.165) is 24.1 Å². The van der Waals surface area contributed by atoms with Gasteiger partial charge in [-0.1, -0.05) is 41.0 Å². The zero-order chi connectivity index (χ0) is 18.7. The van der Waals surface area contributed by atoms with Crippen molar-refractivity contribution in [1.29, 1.82) is 0 Å². The van der Waals surface area contributed by atoms with Crippen molar-refractivity contribution in [1.82, 2.24) is 10.3 Å². The van der Waals surface area contributed by atoms with Crippen LogP contribution in [-0.2, 0) is 4.79 Å². The molecule has 1 aromatic heterocycles. The van der Waals surface area contributed by atoms with Gasteiger partial charge in [0, 0.05) is 17.1 Å². The van der Waals surface area contributed by atoms with E-state index in [-0.39, 0.29) is 6.04 Å². The summed E-state index contributed by atoms with van der Waals surface area (Å²) in [6.45, 7) is 10.3. The number of amides is 1. The molecule has 0 fully saturated rings. The lowest BCUT2D eigenvalue weighted by molar-refractivity contribution is -0.139. The van der Waals surface area contributed by atoms with E-state index in [1.165, 1.54) is 11.3 Å². The number of carboxylic acids is 1. The number of rotatable bonds is 9. The van der Waals surface area contributed by atoms with Gasteiger partial charge >= 0.3 is 5.97 Å². The number of primary amides is 1. The third kappa shape index (κ3) is 8.40. The Morgan fingerprint density at radius 1 is 1.29 bits per heavy atom. The maximum absolute atomic E-state index is 10.8. The number of nitrogens with two attached hydrogens (primary N) is 1. The Balaban J connectivity index is 0.000000446. The van der Waals surface area contributed by atoms with E-state index < -0.39 is 11.9 Å². The SMILES string of the molecule is CC(C)c1cnc(C(N)=O)s1.CCC[C@H](NC(CC)CC)C(=O)O. The minimum atomic E-state index is -0.728. The van der Waals surface area contributed by atoms with E-state index >= 15 is 0 Å². The summed E-state index contributed by atoms with van der Waals surface area (Å²) in [5.41, 5.74) is 5.04. The largest absolute Gasteiger partial charge is 0.480 e. The van der Waals surface area contributed by atoms with Crippen LogP contribution >= 0.6 is 11.3 Å². The number of carbonyl (C=O) groups excluding carboxylic acids is 1. The highest BCUT2D eigenvalue weighted by atomic mass is 32.1. The first-order valence-electron chi connectivity index (χ1n) is 8.50. The number of nitrogens with zero attached hydrogens (tertiary/aromatic N) is 1. The standard InChI is InChI=1S/C10H21NO2.C7H10N2OS/c1-4-7-9(10(12)13)11-8(5-2)6-3;1-4(2)5-3-9-7(11-5)6(8)10/h8-9,11H,4-7H2,1-3H3,(H,12,13);3-4H,1-2H3,(H2,8,10)/t9-;/m0./s1. The molecule has 138 valence electrons. The third-order valence-electron chi connectivity index (χ3n) is 3.60. The highest BCUT2D eigenvalue weighted by Crippen LogP contribution is 2.21. The molecule has 0 radical (unpaired) electrons. The lowest BCUT2D eigenvalue weighted by Crippen LogP contribution is -2.42. The first-order chi connectivity index (χ1) is 11.3.